The number of carbonyl (C=O) groups is 1. The first-order valence-corrected chi connectivity index (χ1v) is 11.5. The molecule has 5 nitrogen and oxygen atoms in total. The molecule has 8 heteroatoms. The number of rotatable bonds is 6. The number of benzene rings is 3. The van der Waals surface area contributed by atoms with Gasteiger partial charge in [-0.25, -0.2) is 12.8 Å². The van der Waals surface area contributed by atoms with Gasteiger partial charge in [-0.1, -0.05) is 35.9 Å². The van der Waals surface area contributed by atoms with Crippen molar-refractivity contribution in [3.8, 4) is 6.07 Å². The van der Waals surface area contributed by atoms with Gasteiger partial charge < -0.3 is 4.90 Å². The van der Waals surface area contributed by atoms with Gasteiger partial charge in [0.25, 0.3) is 5.91 Å². The normalized spacial score (nSPS) is 11.0. The molecule has 1 amide bonds. The summed E-state index contributed by atoms with van der Waals surface area (Å²) in [4.78, 5) is 14.8. The van der Waals surface area contributed by atoms with Crippen molar-refractivity contribution in [2.24, 2.45) is 0 Å². The molecule has 0 aliphatic rings. The van der Waals surface area contributed by atoms with E-state index in [1.807, 2.05) is 6.07 Å². The van der Waals surface area contributed by atoms with Crippen molar-refractivity contribution >= 4 is 27.3 Å². The number of hydrogen-bond donors (Lipinski definition) is 0. The van der Waals surface area contributed by atoms with Crippen molar-refractivity contribution in [1.82, 2.24) is 4.90 Å². The highest BCUT2D eigenvalue weighted by Gasteiger charge is 2.22. The highest BCUT2D eigenvalue weighted by atomic mass is 35.5. The van der Waals surface area contributed by atoms with Gasteiger partial charge in [-0.05, 0) is 53.6 Å². The maximum Gasteiger partial charge on any atom is 0.256 e. The van der Waals surface area contributed by atoms with Crippen molar-refractivity contribution in [1.29, 1.82) is 5.26 Å². The molecule has 0 bridgehead atoms. The summed E-state index contributed by atoms with van der Waals surface area (Å²) in [6.07, 6.45) is 1.05. The van der Waals surface area contributed by atoms with Crippen LogP contribution in [0.2, 0.25) is 5.02 Å². The van der Waals surface area contributed by atoms with Crippen molar-refractivity contribution in [3.05, 3.63) is 99.8 Å². The maximum absolute atomic E-state index is 13.7. The van der Waals surface area contributed by atoms with Crippen LogP contribution in [-0.4, -0.2) is 25.5 Å². The van der Waals surface area contributed by atoms with Crippen LogP contribution in [0.15, 0.2) is 71.6 Å². The highest BCUT2D eigenvalue weighted by Crippen LogP contribution is 2.24. The number of amides is 1. The summed E-state index contributed by atoms with van der Waals surface area (Å²) < 4.78 is 37.5. The van der Waals surface area contributed by atoms with Crippen LogP contribution >= 0.6 is 11.6 Å². The third-order valence-electron chi connectivity index (χ3n) is 4.60. The van der Waals surface area contributed by atoms with Gasteiger partial charge in [-0.3, -0.25) is 4.79 Å². The topological polar surface area (TPSA) is 78.2 Å². The summed E-state index contributed by atoms with van der Waals surface area (Å²) in [6, 6.07) is 18.6. The molecule has 0 saturated heterocycles. The van der Waals surface area contributed by atoms with Gasteiger partial charge in [0.15, 0.2) is 9.84 Å². The summed E-state index contributed by atoms with van der Waals surface area (Å²) in [6.45, 7) is 0.233. The maximum atomic E-state index is 13.7. The van der Waals surface area contributed by atoms with Crippen molar-refractivity contribution in [2.45, 2.75) is 18.0 Å². The molecule has 3 aromatic carbocycles. The largest absolute Gasteiger partial charge is 0.330 e. The first-order valence-electron chi connectivity index (χ1n) is 9.20. The predicted octanol–water partition coefficient (Wildman–Crippen LogP) is 4.60. The van der Waals surface area contributed by atoms with Crippen molar-refractivity contribution < 1.29 is 17.6 Å². The van der Waals surface area contributed by atoms with Gasteiger partial charge in [-0.15, -0.1) is 0 Å². The summed E-state index contributed by atoms with van der Waals surface area (Å²) in [5, 5.41) is 9.09. The zero-order chi connectivity index (χ0) is 22.6. The molecule has 0 spiro atoms. The molecule has 158 valence electrons. The van der Waals surface area contributed by atoms with E-state index < -0.39 is 21.6 Å². The van der Waals surface area contributed by atoms with E-state index in [1.165, 1.54) is 35.2 Å². The molecule has 0 fully saturated rings. The number of carbonyl (C=O) groups excluding carboxylic acids is 1. The summed E-state index contributed by atoms with van der Waals surface area (Å²) in [7, 11) is -3.54. The van der Waals surface area contributed by atoms with Gasteiger partial charge in [0, 0.05) is 19.3 Å². The fraction of sp³-hybridized carbons (Fsp3) is 0.130. The lowest BCUT2D eigenvalue weighted by atomic mass is 10.1. The fourth-order valence-corrected chi connectivity index (χ4v) is 3.88. The number of nitriles is 1. The fourth-order valence-electron chi connectivity index (χ4n) is 3.03. The molecule has 0 aromatic heterocycles. The average Bonchev–Trinajstić information content (AvgIpc) is 2.73. The van der Waals surface area contributed by atoms with Gasteiger partial charge in [0.1, 0.15) is 5.82 Å². The molecule has 0 unspecified atom stereocenters. The summed E-state index contributed by atoms with van der Waals surface area (Å²) >= 11 is 6.22. The first-order chi connectivity index (χ1) is 14.7. The lowest BCUT2D eigenvalue weighted by molar-refractivity contribution is 0.0729. The first kappa shape index (κ1) is 22.5. The number of halogens is 2. The lowest BCUT2D eigenvalue weighted by Crippen LogP contribution is -2.30. The monoisotopic (exact) mass is 456 g/mol. The van der Waals surface area contributed by atoms with Crippen molar-refractivity contribution in [2.75, 3.05) is 6.26 Å². The Morgan fingerprint density at radius 3 is 2.32 bits per heavy atom. The van der Waals surface area contributed by atoms with Crippen LogP contribution in [0.25, 0.3) is 0 Å². The Bertz CT molecular complexity index is 1270. The van der Waals surface area contributed by atoms with E-state index in [2.05, 4.69) is 0 Å². The van der Waals surface area contributed by atoms with Crippen LogP contribution in [0.1, 0.15) is 27.0 Å². The van der Waals surface area contributed by atoms with Gasteiger partial charge >= 0.3 is 0 Å². The van der Waals surface area contributed by atoms with E-state index in [9.17, 15) is 17.6 Å². The molecule has 0 aliphatic carbocycles. The average molecular weight is 457 g/mol. The SMILES string of the molecule is CS(=O)(=O)c1ccc(Cl)c(C(=O)N(Cc2ccc(C#N)cc2)Cc2cccc(F)c2)c1. The molecule has 3 aromatic rings. The third kappa shape index (κ3) is 5.69. The number of nitrogens with zero attached hydrogens (tertiary/aromatic N) is 2. The quantitative estimate of drug-likeness (QED) is 0.543. The molecule has 0 radical (unpaired) electrons. The van der Waals surface area contributed by atoms with E-state index in [0.717, 1.165) is 11.8 Å². The van der Waals surface area contributed by atoms with Gasteiger partial charge in [0.05, 0.1) is 27.1 Å². The molecule has 31 heavy (non-hydrogen) atoms. The Labute approximate surface area is 185 Å². The minimum Gasteiger partial charge on any atom is -0.330 e. The minimum absolute atomic E-state index is 0.0238. The molecule has 3 rings (SSSR count). The van der Waals surface area contributed by atoms with E-state index in [0.29, 0.717) is 11.1 Å². The highest BCUT2D eigenvalue weighted by molar-refractivity contribution is 7.90. The van der Waals surface area contributed by atoms with Crippen LogP contribution in [0.3, 0.4) is 0 Å². The Morgan fingerprint density at radius 1 is 1.03 bits per heavy atom. The summed E-state index contributed by atoms with van der Waals surface area (Å²) in [5.41, 5.74) is 1.84. The number of hydrogen-bond acceptors (Lipinski definition) is 4. The predicted molar refractivity (Wildman–Crippen MR) is 116 cm³/mol. The zero-order valence-electron chi connectivity index (χ0n) is 16.5. The van der Waals surface area contributed by atoms with Crippen LogP contribution in [0, 0.1) is 17.1 Å². The smallest absolute Gasteiger partial charge is 0.256 e. The minimum atomic E-state index is -3.54. The second-order valence-electron chi connectivity index (χ2n) is 7.01. The molecule has 0 N–H and O–H groups in total. The zero-order valence-corrected chi connectivity index (χ0v) is 18.1. The third-order valence-corrected chi connectivity index (χ3v) is 6.04. The van der Waals surface area contributed by atoms with Crippen molar-refractivity contribution in [3.63, 3.8) is 0 Å². The molecular weight excluding hydrogens is 439 g/mol. The Kier molecular flexibility index (Phi) is 6.74. The Balaban J connectivity index is 2.00. The second-order valence-corrected chi connectivity index (χ2v) is 9.44. The molecule has 0 aliphatic heterocycles. The lowest BCUT2D eigenvalue weighted by Gasteiger charge is -2.24. The van der Waals surface area contributed by atoms with E-state index in [-0.39, 0.29) is 28.6 Å². The Morgan fingerprint density at radius 2 is 1.71 bits per heavy atom. The van der Waals surface area contributed by atoms with Crippen LogP contribution in [0.5, 0.6) is 0 Å². The molecular formula is C23H18ClFN2O3S. The van der Waals surface area contributed by atoms with E-state index >= 15 is 0 Å². The van der Waals surface area contributed by atoms with Crippen LogP contribution in [-0.2, 0) is 22.9 Å². The molecule has 0 heterocycles. The molecule has 0 saturated carbocycles. The number of sulfone groups is 1. The second kappa shape index (κ2) is 9.29. The molecule has 0 atom stereocenters. The van der Waals surface area contributed by atoms with Crippen LogP contribution in [0.4, 0.5) is 4.39 Å². The summed E-state index contributed by atoms with van der Waals surface area (Å²) in [5.74, 6) is -0.926. The van der Waals surface area contributed by atoms with E-state index in [4.69, 9.17) is 16.9 Å². The standard InChI is InChI=1S/C23H18ClFN2O3S/c1-31(29,30)20-9-10-22(24)21(12-20)23(28)27(15-18-3-2-4-19(25)11-18)14-17-7-5-16(13-26)6-8-17/h2-12H,14-15H2,1H3. The Hall–Kier alpha value is -3.21. The van der Waals surface area contributed by atoms with Gasteiger partial charge in [-0.2, -0.15) is 5.26 Å². The van der Waals surface area contributed by atoms with E-state index in [1.54, 1.807) is 36.4 Å². The van der Waals surface area contributed by atoms with Crippen LogP contribution < -0.4 is 0 Å². The van der Waals surface area contributed by atoms with Gasteiger partial charge in [0.2, 0.25) is 0 Å².